The summed E-state index contributed by atoms with van der Waals surface area (Å²) in [5.74, 6) is 0.864. The van der Waals surface area contributed by atoms with Crippen LogP contribution in [0.25, 0.3) is 33.5 Å². The minimum Gasteiger partial charge on any atom is -0.496 e. The van der Waals surface area contributed by atoms with Gasteiger partial charge in [-0.15, -0.1) is 0 Å². The number of rotatable bonds is 4. The van der Waals surface area contributed by atoms with E-state index in [0.29, 0.717) is 11.2 Å². The number of benzene rings is 2. The van der Waals surface area contributed by atoms with Gasteiger partial charge in [0.05, 0.1) is 19.0 Å². The Bertz CT molecular complexity index is 1220. The third-order valence-corrected chi connectivity index (χ3v) is 5.58. The minimum atomic E-state index is 0.0831. The molecule has 0 unspecified atom stereocenters. The highest BCUT2D eigenvalue weighted by Gasteiger charge is 2.20. The average molecular weight is 398 g/mol. The summed E-state index contributed by atoms with van der Waals surface area (Å²) in [5.41, 5.74) is 5.67. The van der Waals surface area contributed by atoms with Crippen LogP contribution in [0.1, 0.15) is 23.2 Å². The molecule has 5 rings (SSSR count). The van der Waals surface area contributed by atoms with Gasteiger partial charge in [-0.25, -0.2) is 9.97 Å². The number of amides is 1. The lowest BCUT2D eigenvalue weighted by atomic mass is 10.1. The molecule has 0 spiro atoms. The van der Waals surface area contributed by atoms with E-state index in [1.54, 1.807) is 13.3 Å². The van der Waals surface area contributed by atoms with E-state index in [2.05, 4.69) is 9.97 Å². The zero-order valence-corrected chi connectivity index (χ0v) is 16.8. The second kappa shape index (κ2) is 7.63. The summed E-state index contributed by atoms with van der Waals surface area (Å²) in [6.07, 6.45) is 5.80. The molecule has 0 aliphatic carbocycles. The Kier molecular flexibility index (Phi) is 4.67. The molecular formula is C24H22N4O2. The lowest BCUT2D eigenvalue weighted by molar-refractivity contribution is 0.0793. The predicted molar refractivity (Wildman–Crippen MR) is 116 cm³/mol. The molecule has 4 aromatic rings. The van der Waals surface area contributed by atoms with Crippen molar-refractivity contribution in [3.05, 3.63) is 66.5 Å². The molecule has 0 atom stereocenters. The second-order valence-corrected chi connectivity index (χ2v) is 7.44. The van der Waals surface area contributed by atoms with Crippen LogP contribution in [-0.2, 0) is 0 Å². The Balaban J connectivity index is 1.56. The van der Waals surface area contributed by atoms with Crippen molar-refractivity contribution < 1.29 is 9.53 Å². The maximum atomic E-state index is 12.8. The molecule has 150 valence electrons. The molecule has 6 nitrogen and oxygen atoms in total. The summed E-state index contributed by atoms with van der Waals surface area (Å²) in [4.78, 5) is 27.3. The molecule has 1 saturated heterocycles. The summed E-state index contributed by atoms with van der Waals surface area (Å²) in [6, 6.07) is 15.5. The molecule has 1 N–H and O–H groups in total. The van der Waals surface area contributed by atoms with Crippen molar-refractivity contribution in [1.29, 1.82) is 0 Å². The highest BCUT2D eigenvalue weighted by Crippen LogP contribution is 2.34. The first-order chi connectivity index (χ1) is 14.7. The largest absolute Gasteiger partial charge is 0.496 e. The summed E-state index contributed by atoms with van der Waals surface area (Å²) in [7, 11) is 1.66. The number of aromatic amines is 1. The van der Waals surface area contributed by atoms with Crippen LogP contribution in [0.2, 0.25) is 0 Å². The number of aromatic nitrogens is 3. The SMILES string of the molecule is COc1ccccc1-c1c[nH]c2ncc(-c3cccc(C(=O)N4CCCC4)c3)nc12. The van der Waals surface area contributed by atoms with Crippen LogP contribution in [0.15, 0.2) is 60.9 Å². The van der Waals surface area contributed by atoms with Crippen molar-refractivity contribution in [1.82, 2.24) is 19.9 Å². The fourth-order valence-corrected chi connectivity index (χ4v) is 4.02. The van der Waals surface area contributed by atoms with Gasteiger partial charge in [0.15, 0.2) is 5.65 Å². The van der Waals surface area contributed by atoms with Gasteiger partial charge < -0.3 is 14.6 Å². The zero-order chi connectivity index (χ0) is 20.5. The second-order valence-electron chi connectivity index (χ2n) is 7.44. The fraction of sp³-hybridized carbons (Fsp3) is 0.208. The fourth-order valence-electron chi connectivity index (χ4n) is 4.02. The molecule has 30 heavy (non-hydrogen) atoms. The number of methoxy groups -OCH3 is 1. The number of hydrogen-bond donors (Lipinski definition) is 1. The predicted octanol–water partition coefficient (Wildman–Crippen LogP) is 4.54. The van der Waals surface area contributed by atoms with Crippen molar-refractivity contribution >= 4 is 17.1 Å². The van der Waals surface area contributed by atoms with Crippen LogP contribution in [0.3, 0.4) is 0 Å². The average Bonchev–Trinajstić information content (AvgIpc) is 3.48. The van der Waals surface area contributed by atoms with Crippen molar-refractivity contribution in [2.75, 3.05) is 20.2 Å². The Morgan fingerprint density at radius 2 is 1.90 bits per heavy atom. The molecule has 1 amide bonds. The molecule has 3 heterocycles. The topological polar surface area (TPSA) is 71.1 Å². The van der Waals surface area contributed by atoms with Gasteiger partial charge in [-0.1, -0.05) is 30.3 Å². The summed E-state index contributed by atoms with van der Waals surface area (Å²) in [5, 5.41) is 0. The van der Waals surface area contributed by atoms with E-state index in [1.807, 2.05) is 59.6 Å². The summed E-state index contributed by atoms with van der Waals surface area (Å²) >= 11 is 0. The molecule has 0 saturated carbocycles. The number of para-hydroxylation sites is 1. The lowest BCUT2D eigenvalue weighted by Crippen LogP contribution is -2.27. The standard InChI is InChI=1S/C24H22N4O2/c1-30-21-10-3-2-9-18(21)19-14-25-23-22(19)27-20(15-26-23)16-7-6-8-17(13-16)24(29)28-11-4-5-12-28/h2-3,6-10,13-15H,4-5,11-12H2,1H3,(H,25,26). The molecule has 1 fully saturated rings. The van der Waals surface area contributed by atoms with Gasteiger partial charge in [0.1, 0.15) is 11.3 Å². The van der Waals surface area contributed by atoms with Crippen LogP contribution < -0.4 is 4.74 Å². The Labute approximate surface area is 174 Å². The van der Waals surface area contributed by atoms with E-state index in [1.165, 1.54) is 0 Å². The first kappa shape index (κ1) is 18.4. The number of carbonyl (C=O) groups excluding carboxylic acids is 1. The van der Waals surface area contributed by atoms with Gasteiger partial charge in [0.25, 0.3) is 5.91 Å². The van der Waals surface area contributed by atoms with Gasteiger partial charge in [-0.2, -0.15) is 0 Å². The van der Waals surface area contributed by atoms with Gasteiger partial charge in [0, 0.05) is 41.5 Å². The van der Waals surface area contributed by atoms with Gasteiger partial charge in [0.2, 0.25) is 0 Å². The third kappa shape index (κ3) is 3.20. The van der Waals surface area contributed by atoms with E-state index >= 15 is 0 Å². The highest BCUT2D eigenvalue weighted by atomic mass is 16.5. The first-order valence-electron chi connectivity index (χ1n) is 10.1. The summed E-state index contributed by atoms with van der Waals surface area (Å²) < 4.78 is 5.52. The van der Waals surface area contributed by atoms with Crippen LogP contribution in [0.4, 0.5) is 0 Å². The number of carbonyl (C=O) groups is 1. The smallest absolute Gasteiger partial charge is 0.253 e. The Morgan fingerprint density at radius 1 is 1.07 bits per heavy atom. The molecule has 1 aliphatic heterocycles. The van der Waals surface area contributed by atoms with Crippen LogP contribution in [0, 0.1) is 0 Å². The number of fused-ring (bicyclic) bond motifs is 1. The van der Waals surface area contributed by atoms with Crippen LogP contribution in [-0.4, -0.2) is 46.0 Å². The zero-order valence-electron chi connectivity index (χ0n) is 16.8. The van der Waals surface area contributed by atoms with E-state index in [9.17, 15) is 4.79 Å². The van der Waals surface area contributed by atoms with Crippen molar-refractivity contribution in [3.63, 3.8) is 0 Å². The molecule has 1 aliphatic rings. The van der Waals surface area contributed by atoms with E-state index in [-0.39, 0.29) is 5.91 Å². The monoisotopic (exact) mass is 398 g/mol. The van der Waals surface area contributed by atoms with Gasteiger partial charge >= 0.3 is 0 Å². The summed E-state index contributed by atoms with van der Waals surface area (Å²) in [6.45, 7) is 1.67. The van der Waals surface area contributed by atoms with Crippen molar-refractivity contribution in [2.24, 2.45) is 0 Å². The van der Waals surface area contributed by atoms with Crippen molar-refractivity contribution in [3.8, 4) is 28.1 Å². The van der Waals surface area contributed by atoms with E-state index in [0.717, 1.165) is 59.6 Å². The van der Waals surface area contributed by atoms with Crippen molar-refractivity contribution in [2.45, 2.75) is 12.8 Å². The normalized spacial score (nSPS) is 13.7. The maximum Gasteiger partial charge on any atom is 0.253 e. The highest BCUT2D eigenvalue weighted by molar-refractivity contribution is 5.96. The number of hydrogen-bond acceptors (Lipinski definition) is 4. The lowest BCUT2D eigenvalue weighted by Gasteiger charge is -2.15. The molecule has 2 aromatic heterocycles. The molecule has 0 bridgehead atoms. The molecule has 6 heteroatoms. The van der Waals surface area contributed by atoms with E-state index in [4.69, 9.17) is 9.72 Å². The quantitative estimate of drug-likeness (QED) is 0.548. The number of ether oxygens (including phenoxy) is 1. The molecular weight excluding hydrogens is 376 g/mol. The number of likely N-dealkylation sites (tertiary alicyclic amines) is 1. The van der Waals surface area contributed by atoms with E-state index < -0.39 is 0 Å². The Hall–Kier alpha value is -3.67. The number of nitrogens with zero attached hydrogens (tertiary/aromatic N) is 3. The Morgan fingerprint density at radius 3 is 2.73 bits per heavy atom. The number of nitrogens with one attached hydrogen (secondary N) is 1. The van der Waals surface area contributed by atoms with Crippen LogP contribution in [0.5, 0.6) is 5.75 Å². The molecule has 2 aromatic carbocycles. The third-order valence-electron chi connectivity index (χ3n) is 5.58. The number of H-pyrrole nitrogens is 1. The maximum absolute atomic E-state index is 12.8. The van der Waals surface area contributed by atoms with Crippen LogP contribution >= 0.6 is 0 Å². The van der Waals surface area contributed by atoms with Gasteiger partial charge in [-0.3, -0.25) is 4.79 Å². The van der Waals surface area contributed by atoms with Gasteiger partial charge in [-0.05, 0) is 31.0 Å². The first-order valence-corrected chi connectivity index (χ1v) is 10.1. The minimum absolute atomic E-state index is 0.0831. The molecule has 0 radical (unpaired) electrons.